The normalized spacial score (nSPS) is 11.8. The van der Waals surface area contributed by atoms with E-state index in [-0.39, 0.29) is 30.7 Å². The molecule has 0 radical (unpaired) electrons. The van der Waals surface area contributed by atoms with E-state index in [1.54, 1.807) is 37.1 Å². The topological polar surface area (TPSA) is 93.5 Å². The van der Waals surface area contributed by atoms with E-state index < -0.39 is 0 Å². The van der Waals surface area contributed by atoms with Gasteiger partial charge in [0.05, 0.1) is 25.5 Å². The quantitative estimate of drug-likeness (QED) is 0.681. The molecule has 2 aromatic rings. The van der Waals surface area contributed by atoms with Gasteiger partial charge in [-0.2, -0.15) is 16.9 Å². The molecule has 0 aliphatic heterocycles. The standard InChI is InChI=1S/C18H23N3O4S/c1-25-15-5-3-13(4-6-15)16-7-8-18(24)21(20-16)11-17(23)19-14(12-22)9-10-26-2/h3-8,14,22H,9-12H2,1-2H3,(H,19,23). The Kier molecular flexibility index (Phi) is 7.68. The Morgan fingerprint density at radius 2 is 2.04 bits per heavy atom. The summed E-state index contributed by atoms with van der Waals surface area (Å²) in [6.45, 7) is -0.334. The zero-order chi connectivity index (χ0) is 18.9. The summed E-state index contributed by atoms with van der Waals surface area (Å²) in [6.07, 6.45) is 2.63. The van der Waals surface area contributed by atoms with Crippen LogP contribution < -0.4 is 15.6 Å². The van der Waals surface area contributed by atoms with Gasteiger partial charge in [-0.1, -0.05) is 0 Å². The summed E-state index contributed by atoms with van der Waals surface area (Å²) in [5.41, 5.74) is 1.04. The number of thioether (sulfide) groups is 1. The number of methoxy groups -OCH3 is 1. The smallest absolute Gasteiger partial charge is 0.267 e. The van der Waals surface area contributed by atoms with Crippen LogP contribution in [0.15, 0.2) is 41.2 Å². The highest BCUT2D eigenvalue weighted by molar-refractivity contribution is 7.98. The van der Waals surface area contributed by atoms with Crippen molar-refractivity contribution < 1.29 is 14.6 Å². The molecule has 0 saturated carbocycles. The Balaban J connectivity index is 2.11. The number of amides is 1. The second-order valence-electron chi connectivity index (χ2n) is 5.67. The van der Waals surface area contributed by atoms with Crippen molar-refractivity contribution in [1.29, 1.82) is 0 Å². The monoisotopic (exact) mass is 377 g/mol. The molecule has 1 heterocycles. The van der Waals surface area contributed by atoms with Crippen molar-refractivity contribution in [3.63, 3.8) is 0 Å². The number of ether oxygens (including phenoxy) is 1. The van der Waals surface area contributed by atoms with Gasteiger partial charge in [0.1, 0.15) is 12.3 Å². The second kappa shape index (κ2) is 9.98. The zero-order valence-corrected chi connectivity index (χ0v) is 15.7. The Hall–Kier alpha value is -2.32. The molecule has 0 bridgehead atoms. The number of carbonyl (C=O) groups is 1. The van der Waals surface area contributed by atoms with Crippen LogP contribution in [0.25, 0.3) is 11.3 Å². The summed E-state index contributed by atoms with van der Waals surface area (Å²) in [5.74, 6) is 1.20. The minimum absolute atomic E-state index is 0.138. The van der Waals surface area contributed by atoms with Crippen LogP contribution in [0.5, 0.6) is 5.75 Å². The van der Waals surface area contributed by atoms with Gasteiger partial charge in [0.25, 0.3) is 5.56 Å². The number of rotatable bonds is 9. The Morgan fingerprint density at radius 3 is 2.65 bits per heavy atom. The lowest BCUT2D eigenvalue weighted by Crippen LogP contribution is -2.41. The van der Waals surface area contributed by atoms with Gasteiger partial charge in [0.15, 0.2) is 0 Å². The van der Waals surface area contributed by atoms with E-state index in [4.69, 9.17) is 4.74 Å². The summed E-state index contributed by atoms with van der Waals surface area (Å²) in [7, 11) is 1.59. The maximum absolute atomic E-state index is 12.2. The van der Waals surface area contributed by atoms with E-state index in [1.165, 1.54) is 6.07 Å². The highest BCUT2D eigenvalue weighted by Gasteiger charge is 2.13. The molecule has 1 amide bonds. The van der Waals surface area contributed by atoms with Crippen LogP contribution >= 0.6 is 11.8 Å². The fraction of sp³-hybridized carbons (Fsp3) is 0.389. The fourth-order valence-electron chi connectivity index (χ4n) is 2.36. The van der Waals surface area contributed by atoms with Crippen LogP contribution in [0.4, 0.5) is 0 Å². The molecule has 1 unspecified atom stereocenters. The van der Waals surface area contributed by atoms with Gasteiger partial charge in [-0.05, 0) is 48.8 Å². The van der Waals surface area contributed by atoms with E-state index in [2.05, 4.69) is 10.4 Å². The predicted octanol–water partition coefficient (Wildman–Crippen LogP) is 1.15. The van der Waals surface area contributed by atoms with Gasteiger partial charge >= 0.3 is 0 Å². The van der Waals surface area contributed by atoms with Crippen molar-refractivity contribution in [3.8, 4) is 17.0 Å². The molecule has 2 N–H and O–H groups in total. The molecule has 26 heavy (non-hydrogen) atoms. The van der Waals surface area contributed by atoms with Crippen molar-refractivity contribution in [2.75, 3.05) is 25.7 Å². The average Bonchev–Trinajstić information content (AvgIpc) is 2.67. The lowest BCUT2D eigenvalue weighted by Gasteiger charge is -2.16. The van der Waals surface area contributed by atoms with Gasteiger partial charge in [-0.3, -0.25) is 9.59 Å². The molecule has 0 aliphatic rings. The first-order chi connectivity index (χ1) is 12.6. The summed E-state index contributed by atoms with van der Waals surface area (Å²) in [5, 5.41) is 16.3. The number of aromatic nitrogens is 2. The number of hydrogen-bond acceptors (Lipinski definition) is 6. The van der Waals surface area contributed by atoms with Gasteiger partial charge in [-0.25, -0.2) is 4.68 Å². The van der Waals surface area contributed by atoms with Gasteiger partial charge < -0.3 is 15.2 Å². The number of nitrogens with one attached hydrogen (secondary N) is 1. The van der Waals surface area contributed by atoms with Crippen LogP contribution in [-0.2, 0) is 11.3 Å². The van der Waals surface area contributed by atoms with E-state index in [0.717, 1.165) is 21.7 Å². The average molecular weight is 377 g/mol. The third-order valence-corrected chi connectivity index (χ3v) is 4.45. The minimum atomic E-state index is -0.359. The maximum Gasteiger partial charge on any atom is 0.267 e. The molecular formula is C18H23N3O4S. The minimum Gasteiger partial charge on any atom is -0.497 e. The molecule has 0 saturated heterocycles. The van der Waals surface area contributed by atoms with Crippen LogP contribution in [0.3, 0.4) is 0 Å². The van der Waals surface area contributed by atoms with E-state index in [9.17, 15) is 14.7 Å². The Bertz CT molecular complexity index is 777. The molecule has 2 rings (SSSR count). The van der Waals surface area contributed by atoms with Crippen LogP contribution in [-0.4, -0.2) is 52.6 Å². The summed E-state index contributed by atoms with van der Waals surface area (Å²) in [6, 6.07) is 9.95. The van der Waals surface area contributed by atoms with Crippen molar-refractivity contribution in [3.05, 3.63) is 46.8 Å². The van der Waals surface area contributed by atoms with Crippen LogP contribution in [0, 0.1) is 0 Å². The van der Waals surface area contributed by atoms with Gasteiger partial charge in [-0.15, -0.1) is 0 Å². The lowest BCUT2D eigenvalue weighted by atomic mass is 10.1. The van der Waals surface area contributed by atoms with Crippen LogP contribution in [0.2, 0.25) is 0 Å². The lowest BCUT2D eigenvalue weighted by molar-refractivity contribution is -0.122. The Labute approximate surface area is 156 Å². The molecule has 0 spiro atoms. The zero-order valence-electron chi connectivity index (χ0n) is 14.8. The fourth-order valence-corrected chi connectivity index (χ4v) is 2.88. The van der Waals surface area contributed by atoms with Gasteiger partial charge in [0.2, 0.25) is 5.91 Å². The second-order valence-corrected chi connectivity index (χ2v) is 6.66. The first-order valence-electron chi connectivity index (χ1n) is 8.19. The molecule has 1 aromatic heterocycles. The summed E-state index contributed by atoms with van der Waals surface area (Å²) >= 11 is 1.64. The summed E-state index contributed by atoms with van der Waals surface area (Å²) in [4.78, 5) is 24.2. The van der Waals surface area contributed by atoms with Crippen molar-refractivity contribution in [1.82, 2.24) is 15.1 Å². The number of nitrogens with zero attached hydrogens (tertiary/aromatic N) is 2. The third-order valence-electron chi connectivity index (χ3n) is 3.80. The molecule has 140 valence electrons. The SMILES string of the molecule is COc1ccc(-c2ccc(=O)n(CC(=O)NC(CO)CCSC)n2)cc1. The van der Waals surface area contributed by atoms with E-state index >= 15 is 0 Å². The number of carbonyl (C=O) groups excluding carboxylic acids is 1. The highest BCUT2D eigenvalue weighted by Crippen LogP contribution is 2.19. The summed E-state index contributed by atoms with van der Waals surface area (Å²) < 4.78 is 6.25. The molecule has 0 aliphatic carbocycles. The van der Waals surface area contributed by atoms with E-state index in [0.29, 0.717) is 12.1 Å². The number of benzene rings is 1. The van der Waals surface area contributed by atoms with Crippen LogP contribution in [0.1, 0.15) is 6.42 Å². The molecular weight excluding hydrogens is 354 g/mol. The van der Waals surface area contributed by atoms with Crippen molar-refractivity contribution >= 4 is 17.7 Å². The maximum atomic E-state index is 12.2. The van der Waals surface area contributed by atoms with Crippen molar-refractivity contribution in [2.24, 2.45) is 0 Å². The molecule has 1 aromatic carbocycles. The van der Waals surface area contributed by atoms with E-state index in [1.807, 2.05) is 18.4 Å². The third kappa shape index (κ3) is 5.60. The number of aliphatic hydroxyl groups excluding tert-OH is 1. The van der Waals surface area contributed by atoms with Gasteiger partial charge in [0, 0.05) is 11.6 Å². The van der Waals surface area contributed by atoms with Crippen molar-refractivity contribution in [2.45, 2.75) is 19.0 Å². The molecule has 8 heteroatoms. The Morgan fingerprint density at radius 1 is 1.31 bits per heavy atom. The number of aliphatic hydroxyl groups is 1. The molecule has 7 nitrogen and oxygen atoms in total. The highest BCUT2D eigenvalue weighted by atomic mass is 32.2. The largest absolute Gasteiger partial charge is 0.497 e. The first kappa shape index (κ1) is 20.0. The molecule has 1 atom stereocenters. The molecule has 0 fully saturated rings. The first-order valence-corrected chi connectivity index (χ1v) is 9.58. The predicted molar refractivity (Wildman–Crippen MR) is 103 cm³/mol. The number of hydrogen-bond donors (Lipinski definition) is 2.